The fraction of sp³-hybridized carbons (Fsp3) is 0.250. The molecule has 0 amide bonds. The number of aryl methyl sites for hydroxylation is 1. The molecule has 0 radical (unpaired) electrons. The van der Waals surface area contributed by atoms with Crippen LogP contribution in [0.5, 0.6) is 5.75 Å². The molecule has 19 heavy (non-hydrogen) atoms. The summed E-state index contributed by atoms with van der Waals surface area (Å²) in [7, 11) is 0. The molecule has 0 bridgehead atoms. The molecule has 0 saturated carbocycles. The van der Waals surface area contributed by atoms with Gasteiger partial charge in [-0.2, -0.15) is 0 Å². The Hall–Kier alpha value is -1.67. The minimum Gasteiger partial charge on any atom is -0.494 e. The second-order valence-electron chi connectivity index (χ2n) is 4.45. The summed E-state index contributed by atoms with van der Waals surface area (Å²) in [4.78, 5) is 0. The number of ether oxygens (including phenoxy) is 1. The van der Waals surface area contributed by atoms with Crippen molar-refractivity contribution in [3.8, 4) is 5.75 Å². The molecule has 2 nitrogen and oxygen atoms in total. The van der Waals surface area contributed by atoms with Crippen molar-refractivity contribution in [2.24, 2.45) is 0 Å². The Kier molecular flexibility index (Phi) is 5.10. The van der Waals surface area contributed by atoms with Gasteiger partial charge in [0.1, 0.15) is 5.75 Å². The van der Waals surface area contributed by atoms with Crippen molar-refractivity contribution >= 4 is 17.3 Å². The number of nitrogens with one attached hydrogen (secondary N) is 1. The zero-order valence-corrected chi connectivity index (χ0v) is 11.8. The summed E-state index contributed by atoms with van der Waals surface area (Å²) in [6, 6.07) is 15.8. The van der Waals surface area contributed by atoms with Crippen molar-refractivity contribution in [3.63, 3.8) is 0 Å². The van der Waals surface area contributed by atoms with Gasteiger partial charge in [-0.1, -0.05) is 23.7 Å². The molecule has 0 heterocycles. The first-order valence-corrected chi connectivity index (χ1v) is 6.81. The van der Waals surface area contributed by atoms with Gasteiger partial charge in [-0.3, -0.25) is 0 Å². The maximum absolute atomic E-state index is 5.81. The van der Waals surface area contributed by atoms with Gasteiger partial charge in [0, 0.05) is 17.3 Å². The van der Waals surface area contributed by atoms with Crippen molar-refractivity contribution in [1.82, 2.24) is 0 Å². The summed E-state index contributed by atoms with van der Waals surface area (Å²) in [5.41, 5.74) is 2.42. The van der Waals surface area contributed by atoms with Gasteiger partial charge in [0.15, 0.2) is 0 Å². The lowest BCUT2D eigenvalue weighted by atomic mass is 10.2. The van der Waals surface area contributed by atoms with Gasteiger partial charge in [-0.15, -0.1) is 0 Å². The SMILES string of the molecule is Cc1cccc(NCCCOc2ccc(Cl)cc2)c1. The molecular formula is C16H18ClNO. The zero-order chi connectivity index (χ0) is 13.5. The molecule has 2 rings (SSSR count). The lowest BCUT2D eigenvalue weighted by Crippen LogP contribution is -2.07. The van der Waals surface area contributed by atoms with Gasteiger partial charge in [-0.05, 0) is 55.3 Å². The second kappa shape index (κ2) is 7.05. The average Bonchev–Trinajstić information content (AvgIpc) is 2.41. The number of halogens is 1. The molecule has 0 saturated heterocycles. The van der Waals surface area contributed by atoms with Crippen LogP contribution in [0.3, 0.4) is 0 Å². The summed E-state index contributed by atoms with van der Waals surface area (Å²) < 4.78 is 5.62. The monoisotopic (exact) mass is 275 g/mol. The lowest BCUT2D eigenvalue weighted by molar-refractivity contribution is 0.315. The summed E-state index contributed by atoms with van der Waals surface area (Å²) in [6.07, 6.45) is 0.955. The van der Waals surface area contributed by atoms with Crippen LogP contribution in [0.25, 0.3) is 0 Å². The molecule has 2 aromatic rings. The maximum atomic E-state index is 5.81. The van der Waals surface area contributed by atoms with Crippen LogP contribution in [-0.4, -0.2) is 13.2 Å². The zero-order valence-electron chi connectivity index (χ0n) is 11.0. The third-order valence-corrected chi connectivity index (χ3v) is 3.00. The van der Waals surface area contributed by atoms with Crippen molar-refractivity contribution in [2.75, 3.05) is 18.5 Å². The fourth-order valence-electron chi connectivity index (χ4n) is 1.78. The first-order valence-electron chi connectivity index (χ1n) is 6.43. The van der Waals surface area contributed by atoms with Gasteiger partial charge in [0.2, 0.25) is 0 Å². The summed E-state index contributed by atoms with van der Waals surface area (Å²) >= 11 is 5.81. The molecule has 0 aliphatic rings. The molecule has 0 unspecified atom stereocenters. The summed E-state index contributed by atoms with van der Waals surface area (Å²) in [5.74, 6) is 0.861. The molecule has 0 spiro atoms. The van der Waals surface area contributed by atoms with E-state index in [0.717, 1.165) is 29.4 Å². The molecule has 0 aromatic heterocycles. The molecule has 2 aromatic carbocycles. The molecule has 100 valence electrons. The molecule has 0 aliphatic carbocycles. The normalized spacial score (nSPS) is 10.2. The van der Waals surface area contributed by atoms with Crippen LogP contribution in [0.2, 0.25) is 5.02 Å². The lowest BCUT2D eigenvalue weighted by Gasteiger charge is -2.08. The molecular weight excluding hydrogens is 258 g/mol. The third-order valence-electron chi connectivity index (χ3n) is 2.75. The Morgan fingerprint density at radius 1 is 1.11 bits per heavy atom. The molecule has 0 aliphatic heterocycles. The molecule has 1 N–H and O–H groups in total. The standard InChI is InChI=1S/C16H18ClNO/c1-13-4-2-5-15(12-13)18-10-3-11-19-16-8-6-14(17)7-9-16/h2,4-9,12,18H,3,10-11H2,1H3. The van der Waals surface area contributed by atoms with E-state index in [2.05, 4.69) is 36.5 Å². The number of anilines is 1. The highest BCUT2D eigenvalue weighted by molar-refractivity contribution is 6.30. The van der Waals surface area contributed by atoms with Crippen LogP contribution in [-0.2, 0) is 0 Å². The highest BCUT2D eigenvalue weighted by Crippen LogP contribution is 2.15. The molecule has 0 atom stereocenters. The highest BCUT2D eigenvalue weighted by atomic mass is 35.5. The van der Waals surface area contributed by atoms with E-state index in [9.17, 15) is 0 Å². The summed E-state index contributed by atoms with van der Waals surface area (Å²) in [6.45, 7) is 3.69. The quantitative estimate of drug-likeness (QED) is 0.782. The van der Waals surface area contributed by atoms with Gasteiger partial charge in [-0.25, -0.2) is 0 Å². The van der Waals surface area contributed by atoms with E-state index in [0.29, 0.717) is 6.61 Å². The van der Waals surface area contributed by atoms with Crippen molar-refractivity contribution in [1.29, 1.82) is 0 Å². The van der Waals surface area contributed by atoms with Crippen LogP contribution in [0, 0.1) is 6.92 Å². The fourth-order valence-corrected chi connectivity index (χ4v) is 1.91. The van der Waals surface area contributed by atoms with E-state index < -0.39 is 0 Å². The smallest absolute Gasteiger partial charge is 0.119 e. The average molecular weight is 276 g/mol. The van der Waals surface area contributed by atoms with Crippen molar-refractivity contribution < 1.29 is 4.74 Å². The van der Waals surface area contributed by atoms with Gasteiger partial charge in [0.05, 0.1) is 6.61 Å². The second-order valence-corrected chi connectivity index (χ2v) is 4.89. The maximum Gasteiger partial charge on any atom is 0.119 e. The van der Waals surface area contributed by atoms with E-state index >= 15 is 0 Å². The highest BCUT2D eigenvalue weighted by Gasteiger charge is 1.95. The first-order chi connectivity index (χ1) is 9.24. The Morgan fingerprint density at radius 2 is 1.89 bits per heavy atom. The van der Waals surface area contributed by atoms with Crippen LogP contribution >= 0.6 is 11.6 Å². The molecule has 0 fully saturated rings. The largest absolute Gasteiger partial charge is 0.494 e. The summed E-state index contributed by atoms with van der Waals surface area (Å²) in [5, 5.41) is 4.11. The van der Waals surface area contributed by atoms with E-state index in [1.807, 2.05) is 24.3 Å². The third kappa shape index (κ3) is 4.84. The minimum atomic E-state index is 0.695. The number of benzene rings is 2. The number of rotatable bonds is 6. The Balaban J connectivity index is 1.66. The van der Waals surface area contributed by atoms with Crippen LogP contribution in [0.15, 0.2) is 48.5 Å². The minimum absolute atomic E-state index is 0.695. The Bertz CT molecular complexity index is 510. The van der Waals surface area contributed by atoms with Crippen LogP contribution in [0.1, 0.15) is 12.0 Å². The van der Waals surface area contributed by atoms with Crippen LogP contribution in [0.4, 0.5) is 5.69 Å². The van der Waals surface area contributed by atoms with Crippen molar-refractivity contribution in [2.45, 2.75) is 13.3 Å². The predicted molar refractivity (Wildman–Crippen MR) is 81.2 cm³/mol. The predicted octanol–water partition coefficient (Wildman–Crippen LogP) is 4.53. The van der Waals surface area contributed by atoms with Gasteiger partial charge < -0.3 is 10.1 Å². The van der Waals surface area contributed by atoms with E-state index in [4.69, 9.17) is 16.3 Å². The number of hydrogen-bond acceptors (Lipinski definition) is 2. The van der Waals surface area contributed by atoms with E-state index in [-0.39, 0.29) is 0 Å². The van der Waals surface area contributed by atoms with Crippen LogP contribution < -0.4 is 10.1 Å². The Morgan fingerprint density at radius 3 is 2.63 bits per heavy atom. The van der Waals surface area contributed by atoms with E-state index in [1.165, 1.54) is 5.56 Å². The first kappa shape index (κ1) is 13.8. The van der Waals surface area contributed by atoms with Gasteiger partial charge in [0.25, 0.3) is 0 Å². The van der Waals surface area contributed by atoms with E-state index in [1.54, 1.807) is 0 Å². The molecule has 3 heteroatoms. The van der Waals surface area contributed by atoms with Crippen molar-refractivity contribution in [3.05, 3.63) is 59.1 Å². The number of hydrogen-bond donors (Lipinski definition) is 1. The Labute approximate surface area is 119 Å². The van der Waals surface area contributed by atoms with Gasteiger partial charge >= 0.3 is 0 Å². The topological polar surface area (TPSA) is 21.3 Å².